The number of piperidine rings is 1. The highest BCUT2D eigenvalue weighted by Gasteiger charge is 2.32. The molecule has 0 N–H and O–H groups in total. The van der Waals surface area contributed by atoms with Crippen molar-refractivity contribution in [2.75, 3.05) is 18.8 Å². The van der Waals surface area contributed by atoms with E-state index in [-0.39, 0.29) is 0 Å². The Morgan fingerprint density at radius 2 is 1.95 bits per heavy atom. The van der Waals surface area contributed by atoms with Crippen molar-refractivity contribution in [2.45, 2.75) is 38.0 Å². The van der Waals surface area contributed by atoms with E-state index >= 15 is 0 Å². The van der Waals surface area contributed by atoms with Gasteiger partial charge in [-0.15, -0.1) is 0 Å². The van der Waals surface area contributed by atoms with Crippen molar-refractivity contribution in [1.29, 1.82) is 0 Å². The predicted octanol–water partition coefficient (Wildman–Crippen LogP) is 1.79. The van der Waals surface area contributed by atoms with Crippen LogP contribution >= 0.6 is 0 Å². The molecule has 1 aromatic rings. The van der Waals surface area contributed by atoms with Crippen molar-refractivity contribution in [3.05, 3.63) is 24.3 Å². The van der Waals surface area contributed by atoms with Crippen LogP contribution in [0.4, 0.5) is 0 Å². The minimum Gasteiger partial charge on any atom is -0.245 e. The Morgan fingerprint density at radius 1 is 1.20 bits per heavy atom. The summed E-state index contributed by atoms with van der Waals surface area (Å²) in [4.78, 5) is 8.21. The van der Waals surface area contributed by atoms with Crippen LogP contribution in [0.25, 0.3) is 0 Å². The third-order valence-electron chi connectivity index (χ3n) is 4.54. The second-order valence-electron chi connectivity index (χ2n) is 5.88. The van der Waals surface area contributed by atoms with E-state index in [0.29, 0.717) is 30.7 Å². The highest BCUT2D eigenvalue weighted by atomic mass is 32.2. The summed E-state index contributed by atoms with van der Waals surface area (Å²) in [5.41, 5.74) is 1.04. The van der Waals surface area contributed by atoms with Gasteiger partial charge in [-0.25, -0.2) is 22.7 Å². The molecule has 2 fully saturated rings. The van der Waals surface area contributed by atoms with Gasteiger partial charge in [0.25, 0.3) is 0 Å². The van der Waals surface area contributed by atoms with Crippen LogP contribution in [-0.4, -0.2) is 41.5 Å². The summed E-state index contributed by atoms with van der Waals surface area (Å²) in [5.74, 6) is 1.12. The molecule has 3 rings (SSSR count). The molecule has 0 bridgehead atoms. The van der Waals surface area contributed by atoms with Gasteiger partial charge in [-0.2, -0.15) is 0 Å². The fraction of sp³-hybridized carbons (Fsp3) is 0.714. The van der Waals surface area contributed by atoms with Gasteiger partial charge in [0, 0.05) is 30.9 Å². The topological polar surface area (TPSA) is 63.2 Å². The Hall–Kier alpha value is -1.01. The first kappa shape index (κ1) is 13.9. The maximum atomic E-state index is 12.3. The predicted molar refractivity (Wildman–Crippen MR) is 76.7 cm³/mol. The average Bonchev–Trinajstić information content (AvgIpc) is 2.44. The summed E-state index contributed by atoms with van der Waals surface area (Å²) >= 11 is 0. The maximum absolute atomic E-state index is 12.3. The average molecular weight is 295 g/mol. The molecule has 6 heteroatoms. The highest BCUT2D eigenvalue weighted by Crippen LogP contribution is 2.31. The molecule has 0 amide bonds. The maximum Gasteiger partial charge on any atom is 0.214 e. The number of nitrogens with zero attached hydrogens (tertiary/aromatic N) is 3. The van der Waals surface area contributed by atoms with Crippen LogP contribution in [0.5, 0.6) is 0 Å². The summed E-state index contributed by atoms with van der Waals surface area (Å²) in [6.07, 6.45) is 8.39. The second kappa shape index (κ2) is 5.77. The smallest absolute Gasteiger partial charge is 0.214 e. The van der Waals surface area contributed by atoms with Gasteiger partial charge < -0.3 is 0 Å². The zero-order valence-corrected chi connectivity index (χ0v) is 12.4. The van der Waals surface area contributed by atoms with Crippen LogP contribution < -0.4 is 0 Å². The van der Waals surface area contributed by atoms with Crippen molar-refractivity contribution < 1.29 is 8.42 Å². The zero-order chi connectivity index (χ0) is 14.0. The lowest BCUT2D eigenvalue weighted by molar-refractivity contribution is 0.301. The van der Waals surface area contributed by atoms with Crippen molar-refractivity contribution in [1.82, 2.24) is 14.3 Å². The summed E-state index contributed by atoms with van der Waals surface area (Å²) in [6.45, 7) is 1.26. The molecular weight excluding hydrogens is 274 g/mol. The molecule has 5 nitrogen and oxygen atoms in total. The highest BCUT2D eigenvalue weighted by molar-refractivity contribution is 7.89. The van der Waals surface area contributed by atoms with Gasteiger partial charge in [-0.3, -0.25) is 0 Å². The van der Waals surface area contributed by atoms with E-state index in [4.69, 9.17) is 0 Å². The van der Waals surface area contributed by atoms with Gasteiger partial charge >= 0.3 is 0 Å². The van der Waals surface area contributed by atoms with Gasteiger partial charge in [0.15, 0.2) is 0 Å². The molecule has 110 valence electrons. The third-order valence-corrected chi connectivity index (χ3v) is 6.59. The van der Waals surface area contributed by atoms with E-state index in [9.17, 15) is 8.42 Å². The number of hydrogen-bond acceptors (Lipinski definition) is 4. The van der Waals surface area contributed by atoms with Crippen LogP contribution in [0.3, 0.4) is 0 Å². The molecule has 1 saturated heterocycles. The number of aromatic nitrogens is 2. The van der Waals surface area contributed by atoms with Crippen LogP contribution in [0.15, 0.2) is 18.6 Å². The molecular formula is C14H21N3O2S. The first-order valence-electron chi connectivity index (χ1n) is 7.39. The van der Waals surface area contributed by atoms with Crippen LogP contribution in [0.2, 0.25) is 0 Å². The van der Waals surface area contributed by atoms with Gasteiger partial charge in [0.1, 0.15) is 6.33 Å². The molecule has 0 aromatic carbocycles. The van der Waals surface area contributed by atoms with E-state index in [1.807, 2.05) is 6.07 Å². The lowest BCUT2D eigenvalue weighted by Crippen LogP contribution is -2.41. The Balaban J connectivity index is 1.58. The van der Waals surface area contributed by atoms with Crippen LogP contribution in [-0.2, 0) is 10.0 Å². The molecule has 0 spiro atoms. The Labute approximate surface area is 120 Å². The fourth-order valence-electron chi connectivity index (χ4n) is 3.03. The van der Waals surface area contributed by atoms with Crippen LogP contribution in [0, 0.1) is 5.92 Å². The molecule has 1 saturated carbocycles. The molecule has 0 atom stereocenters. The van der Waals surface area contributed by atoms with Gasteiger partial charge in [-0.1, -0.05) is 6.42 Å². The van der Waals surface area contributed by atoms with Crippen molar-refractivity contribution in [3.8, 4) is 0 Å². The largest absolute Gasteiger partial charge is 0.245 e. The number of rotatable bonds is 4. The zero-order valence-electron chi connectivity index (χ0n) is 11.6. The van der Waals surface area contributed by atoms with E-state index in [2.05, 4.69) is 9.97 Å². The first-order valence-corrected chi connectivity index (χ1v) is 9.00. The Bertz CT molecular complexity index is 535. The fourth-order valence-corrected chi connectivity index (χ4v) is 4.94. The molecule has 1 aromatic heterocycles. The molecule has 2 heterocycles. The normalized spacial score (nSPS) is 22.6. The lowest BCUT2D eigenvalue weighted by atomic mass is 9.87. The minimum absolute atomic E-state index is 0.352. The summed E-state index contributed by atoms with van der Waals surface area (Å²) < 4.78 is 26.3. The Kier molecular flexibility index (Phi) is 4.03. The number of sulfonamides is 1. The van der Waals surface area contributed by atoms with E-state index in [1.165, 1.54) is 6.42 Å². The van der Waals surface area contributed by atoms with Crippen molar-refractivity contribution in [2.24, 2.45) is 5.92 Å². The standard InChI is InChI=1S/C14H21N3O2S/c18-20(19,10-12-2-1-3-12)17-8-5-13(6-9-17)14-4-7-15-11-16-14/h4,7,11-13H,1-3,5-6,8-10H2. The van der Waals surface area contributed by atoms with Gasteiger partial charge in [0.05, 0.1) is 5.75 Å². The SMILES string of the molecule is O=S(=O)(CC1CCC1)N1CCC(c2ccncn2)CC1. The van der Waals surface area contributed by atoms with E-state index in [0.717, 1.165) is 31.4 Å². The quantitative estimate of drug-likeness (QED) is 0.849. The Morgan fingerprint density at radius 3 is 2.50 bits per heavy atom. The molecule has 1 aliphatic heterocycles. The first-order chi connectivity index (χ1) is 9.65. The third kappa shape index (κ3) is 3.01. The summed E-state index contributed by atoms with van der Waals surface area (Å²) in [6, 6.07) is 1.93. The van der Waals surface area contributed by atoms with Crippen molar-refractivity contribution >= 4 is 10.0 Å². The van der Waals surface area contributed by atoms with Gasteiger partial charge in [-0.05, 0) is 37.7 Å². The molecule has 0 radical (unpaired) electrons. The monoisotopic (exact) mass is 295 g/mol. The van der Waals surface area contributed by atoms with Gasteiger partial charge in [0.2, 0.25) is 10.0 Å². The van der Waals surface area contributed by atoms with Crippen LogP contribution in [0.1, 0.15) is 43.7 Å². The number of hydrogen-bond donors (Lipinski definition) is 0. The molecule has 2 aliphatic rings. The second-order valence-corrected chi connectivity index (χ2v) is 7.90. The minimum atomic E-state index is -3.05. The molecule has 0 unspecified atom stereocenters. The van der Waals surface area contributed by atoms with Crippen molar-refractivity contribution in [3.63, 3.8) is 0 Å². The van der Waals surface area contributed by atoms with E-state index < -0.39 is 10.0 Å². The molecule has 20 heavy (non-hydrogen) atoms. The van der Waals surface area contributed by atoms with E-state index in [1.54, 1.807) is 16.8 Å². The summed E-state index contributed by atoms with van der Waals surface area (Å²) in [5, 5.41) is 0. The molecule has 1 aliphatic carbocycles. The summed E-state index contributed by atoms with van der Waals surface area (Å²) in [7, 11) is -3.05. The lowest BCUT2D eigenvalue weighted by Gasteiger charge is -2.33.